The second kappa shape index (κ2) is 7.25. The van der Waals surface area contributed by atoms with Crippen molar-refractivity contribution in [3.05, 3.63) is 64.2 Å². The van der Waals surface area contributed by atoms with Crippen molar-refractivity contribution in [3.8, 4) is 5.75 Å². The Labute approximate surface area is 122 Å². The average molecular weight is 288 g/mol. The van der Waals surface area contributed by atoms with E-state index in [0.717, 1.165) is 11.3 Å². The maximum atomic E-state index is 10.6. The van der Waals surface area contributed by atoms with Gasteiger partial charge in [0.15, 0.2) is 0 Å². The fraction of sp³-hybridized carbons (Fsp3) is 0.200. The van der Waals surface area contributed by atoms with Gasteiger partial charge in [0.05, 0.1) is 11.5 Å². The molecule has 0 amide bonds. The minimum absolute atomic E-state index is 0.0137. The van der Waals surface area contributed by atoms with Crippen LogP contribution in [-0.2, 0) is 6.54 Å². The average Bonchev–Trinajstić information content (AvgIpc) is 2.52. The first kappa shape index (κ1) is 14.8. The first-order valence-corrected chi connectivity index (χ1v) is 6.50. The third-order valence-electron chi connectivity index (χ3n) is 2.86. The Bertz CT molecular complexity index is 582. The highest BCUT2D eigenvalue weighted by Gasteiger charge is 2.03. The van der Waals surface area contributed by atoms with E-state index in [0.29, 0.717) is 12.3 Å². The third kappa shape index (κ3) is 4.47. The van der Waals surface area contributed by atoms with E-state index in [1.54, 1.807) is 12.1 Å². The lowest BCUT2D eigenvalue weighted by molar-refractivity contribution is -0.384. The topological polar surface area (TPSA) is 84.6 Å². The SMILES string of the molecule is O=[N+]([O-])c1ccc(CNc2ccc(OCCO)cc2)cc1. The molecule has 0 saturated carbocycles. The Balaban J connectivity index is 1.88. The van der Waals surface area contributed by atoms with E-state index in [1.165, 1.54) is 12.1 Å². The second-order valence-electron chi connectivity index (χ2n) is 4.37. The molecule has 0 bridgehead atoms. The van der Waals surface area contributed by atoms with Crippen LogP contribution in [0.15, 0.2) is 48.5 Å². The molecule has 2 N–H and O–H groups in total. The van der Waals surface area contributed by atoms with Crippen molar-refractivity contribution in [1.29, 1.82) is 0 Å². The normalized spacial score (nSPS) is 10.1. The highest BCUT2D eigenvalue weighted by atomic mass is 16.6. The maximum absolute atomic E-state index is 10.6. The quantitative estimate of drug-likeness (QED) is 0.604. The molecule has 110 valence electrons. The van der Waals surface area contributed by atoms with E-state index >= 15 is 0 Å². The Hall–Kier alpha value is -2.60. The maximum Gasteiger partial charge on any atom is 0.269 e. The minimum Gasteiger partial charge on any atom is -0.491 e. The summed E-state index contributed by atoms with van der Waals surface area (Å²) in [5.74, 6) is 0.699. The number of aliphatic hydroxyl groups is 1. The molecule has 0 fully saturated rings. The zero-order chi connectivity index (χ0) is 15.1. The monoisotopic (exact) mass is 288 g/mol. The first-order chi connectivity index (χ1) is 10.2. The molecule has 0 saturated heterocycles. The van der Waals surface area contributed by atoms with Crippen molar-refractivity contribution in [2.75, 3.05) is 18.5 Å². The van der Waals surface area contributed by atoms with Gasteiger partial charge in [-0.1, -0.05) is 12.1 Å². The van der Waals surface area contributed by atoms with Crippen molar-refractivity contribution < 1.29 is 14.8 Å². The Kier molecular flexibility index (Phi) is 5.11. The van der Waals surface area contributed by atoms with Crippen LogP contribution in [0.1, 0.15) is 5.56 Å². The fourth-order valence-corrected chi connectivity index (χ4v) is 1.77. The number of hydrogen-bond acceptors (Lipinski definition) is 5. The van der Waals surface area contributed by atoms with Gasteiger partial charge < -0.3 is 15.2 Å². The van der Waals surface area contributed by atoms with Crippen LogP contribution in [0, 0.1) is 10.1 Å². The predicted octanol–water partition coefficient (Wildman–Crippen LogP) is 2.58. The zero-order valence-corrected chi connectivity index (χ0v) is 11.4. The number of anilines is 1. The van der Waals surface area contributed by atoms with Crippen LogP contribution in [0.25, 0.3) is 0 Å². The summed E-state index contributed by atoms with van der Waals surface area (Å²) in [6.45, 7) is 0.838. The number of non-ortho nitro benzene ring substituents is 1. The van der Waals surface area contributed by atoms with Crippen molar-refractivity contribution in [2.24, 2.45) is 0 Å². The van der Waals surface area contributed by atoms with Crippen LogP contribution < -0.4 is 10.1 Å². The van der Waals surface area contributed by atoms with Gasteiger partial charge in [-0.05, 0) is 29.8 Å². The standard InChI is InChI=1S/C15H16N2O4/c18-9-10-21-15-7-3-13(4-8-15)16-11-12-1-5-14(6-2-12)17(19)20/h1-8,16,18H,9-11H2. The van der Waals surface area contributed by atoms with E-state index in [2.05, 4.69) is 5.32 Å². The molecule has 2 aromatic rings. The summed E-state index contributed by atoms with van der Waals surface area (Å²) in [6, 6.07) is 13.8. The molecule has 0 heterocycles. The van der Waals surface area contributed by atoms with Gasteiger partial charge in [-0.25, -0.2) is 0 Å². The van der Waals surface area contributed by atoms with Crippen molar-refractivity contribution in [1.82, 2.24) is 0 Å². The van der Waals surface area contributed by atoms with Crippen LogP contribution in [0.3, 0.4) is 0 Å². The number of aliphatic hydroxyl groups excluding tert-OH is 1. The summed E-state index contributed by atoms with van der Waals surface area (Å²) in [5, 5.41) is 22.4. The van der Waals surface area contributed by atoms with E-state index in [1.807, 2.05) is 24.3 Å². The molecule has 0 aromatic heterocycles. The van der Waals surface area contributed by atoms with Gasteiger partial charge in [-0.15, -0.1) is 0 Å². The van der Waals surface area contributed by atoms with Gasteiger partial charge in [0.2, 0.25) is 0 Å². The molecule has 2 rings (SSSR count). The summed E-state index contributed by atoms with van der Waals surface area (Å²) in [4.78, 5) is 10.1. The van der Waals surface area contributed by atoms with Gasteiger partial charge in [0.25, 0.3) is 5.69 Å². The summed E-state index contributed by atoms with van der Waals surface area (Å²) in [5.41, 5.74) is 1.97. The minimum atomic E-state index is -0.414. The van der Waals surface area contributed by atoms with Gasteiger partial charge >= 0.3 is 0 Å². The van der Waals surface area contributed by atoms with Gasteiger partial charge in [0, 0.05) is 24.4 Å². The molecule has 6 heteroatoms. The molecule has 0 atom stereocenters. The van der Waals surface area contributed by atoms with Gasteiger partial charge in [-0.2, -0.15) is 0 Å². The third-order valence-corrected chi connectivity index (χ3v) is 2.86. The first-order valence-electron chi connectivity index (χ1n) is 6.50. The van der Waals surface area contributed by atoms with Crippen molar-refractivity contribution in [3.63, 3.8) is 0 Å². The van der Waals surface area contributed by atoms with Crippen LogP contribution >= 0.6 is 0 Å². The summed E-state index contributed by atoms with van der Waals surface area (Å²) in [6.07, 6.45) is 0. The molecule has 0 unspecified atom stereocenters. The van der Waals surface area contributed by atoms with Crippen LogP contribution in [0.2, 0.25) is 0 Å². The Morgan fingerprint density at radius 3 is 2.33 bits per heavy atom. The molecule has 0 radical (unpaired) electrons. The van der Waals surface area contributed by atoms with Crippen LogP contribution in [0.5, 0.6) is 5.75 Å². The van der Waals surface area contributed by atoms with E-state index in [4.69, 9.17) is 9.84 Å². The lowest BCUT2D eigenvalue weighted by Gasteiger charge is -2.08. The Morgan fingerprint density at radius 1 is 1.10 bits per heavy atom. The molecule has 0 aliphatic heterocycles. The number of nitrogens with one attached hydrogen (secondary N) is 1. The lowest BCUT2D eigenvalue weighted by atomic mass is 10.2. The van der Waals surface area contributed by atoms with Gasteiger partial charge in [0.1, 0.15) is 12.4 Å². The number of nitrogens with zero attached hydrogens (tertiary/aromatic N) is 1. The molecule has 0 spiro atoms. The largest absolute Gasteiger partial charge is 0.491 e. The number of hydrogen-bond donors (Lipinski definition) is 2. The van der Waals surface area contributed by atoms with Crippen molar-refractivity contribution >= 4 is 11.4 Å². The van der Waals surface area contributed by atoms with Gasteiger partial charge in [-0.3, -0.25) is 10.1 Å². The predicted molar refractivity (Wildman–Crippen MR) is 79.4 cm³/mol. The van der Waals surface area contributed by atoms with Crippen molar-refractivity contribution in [2.45, 2.75) is 6.54 Å². The van der Waals surface area contributed by atoms with E-state index < -0.39 is 4.92 Å². The van der Waals surface area contributed by atoms with E-state index in [9.17, 15) is 10.1 Å². The molecular formula is C15H16N2O4. The number of benzene rings is 2. The highest BCUT2D eigenvalue weighted by molar-refractivity contribution is 5.47. The smallest absolute Gasteiger partial charge is 0.269 e. The van der Waals surface area contributed by atoms with Crippen LogP contribution in [0.4, 0.5) is 11.4 Å². The second-order valence-corrected chi connectivity index (χ2v) is 4.37. The molecule has 2 aromatic carbocycles. The van der Waals surface area contributed by atoms with E-state index in [-0.39, 0.29) is 18.9 Å². The summed E-state index contributed by atoms with van der Waals surface area (Å²) in [7, 11) is 0. The summed E-state index contributed by atoms with van der Waals surface area (Å²) >= 11 is 0. The number of rotatable bonds is 7. The fourth-order valence-electron chi connectivity index (χ4n) is 1.77. The van der Waals surface area contributed by atoms with Crippen LogP contribution in [-0.4, -0.2) is 23.2 Å². The number of ether oxygens (including phenoxy) is 1. The highest BCUT2D eigenvalue weighted by Crippen LogP contribution is 2.17. The lowest BCUT2D eigenvalue weighted by Crippen LogP contribution is -2.02. The summed E-state index contributed by atoms with van der Waals surface area (Å²) < 4.78 is 5.27. The number of nitro benzene ring substituents is 1. The molecule has 0 aliphatic rings. The molecule has 6 nitrogen and oxygen atoms in total. The molecule has 0 aliphatic carbocycles. The number of nitro groups is 1. The zero-order valence-electron chi connectivity index (χ0n) is 11.4. The molecule has 21 heavy (non-hydrogen) atoms. The molecular weight excluding hydrogens is 272 g/mol. The Morgan fingerprint density at radius 2 is 1.76 bits per heavy atom.